The summed E-state index contributed by atoms with van der Waals surface area (Å²) in [6.07, 6.45) is 1.77. The van der Waals surface area contributed by atoms with Crippen molar-refractivity contribution in [3.05, 3.63) is 74.9 Å². The number of hydrogen-bond acceptors (Lipinski definition) is 4. The fourth-order valence-corrected chi connectivity index (χ4v) is 3.69. The Morgan fingerprint density at radius 2 is 1.79 bits per heavy atom. The van der Waals surface area contributed by atoms with Crippen LogP contribution in [0.4, 0.5) is 9.18 Å². The molecule has 1 aliphatic rings. The van der Waals surface area contributed by atoms with Gasteiger partial charge in [0.25, 0.3) is 11.1 Å². The molecule has 0 aromatic heterocycles. The molecule has 0 atom stereocenters. The van der Waals surface area contributed by atoms with E-state index in [1.165, 1.54) is 24.3 Å². The third-order valence-corrected chi connectivity index (χ3v) is 5.41. The van der Waals surface area contributed by atoms with E-state index in [-0.39, 0.29) is 41.4 Å². The standard InChI is InChI=1S/C20H16BrFN2O3S/c21-15-5-1-14(2-6-15)12-18(25)23-9-10-24-19(26)17(28-20(24)27)11-13-3-7-16(22)8-4-13/h1-8,11H,9-10,12H2,(H,23,25). The van der Waals surface area contributed by atoms with Gasteiger partial charge in [0.05, 0.1) is 11.3 Å². The van der Waals surface area contributed by atoms with Crippen LogP contribution in [-0.4, -0.2) is 35.0 Å². The van der Waals surface area contributed by atoms with E-state index in [0.717, 1.165) is 26.7 Å². The van der Waals surface area contributed by atoms with Gasteiger partial charge < -0.3 is 5.32 Å². The first-order chi connectivity index (χ1) is 13.4. The number of halogens is 2. The average molecular weight is 463 g/mol. The molecule has 0 saturated carbocycles. The fourth-order valence-electron chi connectivity index (χ4n) is 2.56. The van der Waals surface area contributed by atoms with Gasteiger partial charge in [-0.1, -0.05) is 40.2 Å². The summed E-state index contributed by atoms with van der Waals surface area (Å²) in [5, 5.41) is 2.33. The Balaban J connectivity index is 1.52. The number of imide groups is 1. The maximum Gasteiger partial charge on any atom is 0.293 e. The Bertz CT molecular complexity index is 929. The highest BCUT2D eigenvalue weighted by atomic mass is 79.9. The second kappa shape index (κ2) is 9.16. The van der Waals surface area contributed by atoms with Gasteiger partial charge in [-0.25, -0.2) is 4.39 Å². The molecule has 1 heterocycles. The maximum absolute atomic E-state index is 13.0. The molecule has 5 nitrogen and oxygen atoms in total. The van der Waals surface area contributed by atoms with E-state index in [4.69, 9.17) is 0 Å². The SMILES string of the molecule is O=C(Cc1ccc(Br)cc1)NCCN1C(=O)SC(=Cc2ccc(F)cc2)C1=O. The minimum absolute atomic E-state index is 0.0947. The first kappa shape index (κ1) is 20.3. The summed E-state index contributed by atoms with van der Waals surface area (Å²) in [7, 11) is 0. The van der Waals surface area contributed by atoms with Crippen molar-refractivity contribution in [1.82, 2.24) is 10.2 Å². The predicted molar refractivity (Wildman–Crippen MR) is 110 cm³/mol. The largest absolute Gasteiger partial charge is 0.354 e. The van der Waals surface area contributed by atoms with Gasteiger partial charge in [0.15, 0.2) is 0 Å². The van der Waals surface area contributed by atoms with E-state index >= 15 is 0 Å². The number of rotatable bonds is 6. The van der Waals surface area contributed by atoms with Crippen molar-refractivity contribution in [2.45, 2.75) is 6.42 Å². The summed E-state index contributed by atoms with van der Waals surface area (Å²) in [5.41, 5.74) is 1.50. The Hall–Kier alpha value is -2.45. The van der Waals surface area contributed by atoms with Crippen LogP contribution in [0, 0.1) is 5.82 Å². The highest BCUT2D eigenvalue weighted by molar-refractivity contribution is 9.10. The van der Waals surface area contributed by atoms with Crippen molar-refractivity contribution < 1.29 is 18.8 Å². The first-order valence-corrected chi connectivity index (χ1v) is 10.1. The van der Waals surface area contributed by atoms with E-state index in [9.17, 15) is 18.8 Å². The van der Waals surface area contributed by atoms with Gasteiger partial charge in [-0.2, -0.15) is 0 Å². The van der Waals surface area contributed by atoms with E-state index in [1.807, 2.05) is 24.3 Å². The van der Waals surface area contributed by atoms with Crippen molar-refractivity contribution in [2.24, 2.45) is 0 Å². The lowest BCUT2D eigenvalue weighted by Crippen LogP contribution is -2.37. The molecule has 3 amide bonds. The Kier molecular flexibility index (Phi) is 6.64. The molecule has 3 rings (SSSR count). The van der Waals surface area contributed by atoms with Gasteiger partial charge in [0.1, 0.15) is 5.82 Å². The van der Waals surface area contributed by atoms with Crippen molar-refractivity contribution >= 4 is 50.8 Å². The summed E-state index contributed by atoms with van der Waals surface area (Å²) >= 11 is 4.17. The fraction of sp³-hybridized carbons (Fsp3) is 0.150. The highest BCUT2D eigenvalue weighted by Crippen LogP contribution is 2.31. The molecule has 2 aromatic rings. The zero-order valence-corrected chi connectivity index (χ0v) is 17.1. The predicted octanol–water partition coefficient (Wildman–Crippen LogP) is 3.98. The van der Waals surface area contributed by atoms with Crippen LogP contribution < -0.4 is 5.32 Å². The lowest BCUT2D eigenvalue weighted by molar-refractivity contribution is -0.124. The van der Waals surface area contributed by atoms with Crippen LogP contribution in [0.1, 0.15) is 11.1 Å². The van der Waals surface area contributed by atoms with Crippen molar-refractivity contribution in [2.75, 3.05) is 13.1 Å². The summed E-state index contributed by atoms with van der Waals surface area (Å²) in [6, 6.07) is 13.1. The zero-order chi connectivity index (χ0) is 20.1. The van der Waals surface area contributed by atoms with Gasteiger partial charge in [-0.05, 0) is 53.2 Å². The van der Waals surface area contributed by atoms with Crippen LogP contribution in [0.3, 0.4) is 0 Å². The maximum atomic E-state index is 13.0. The van der Waals surface area contributed by atoms with E-state index < -0.39 is 5.91 Å². The summed E-state index contributed by atoms with van der Waals surface area (Å²) in [4.78, 5) is 37.9. The van der Waals surface area contributed by atoms with Gasteiger partial charge >= 0.3 is 0 Å². The summed E-state index contributed by atoms with van der Waals surface area (Å²) in [5.74, 6) is -0.971. The Morgan fingerprint density at radius 3 is 2.46 bits per heavy atom. The first-order valence-electron chi connectivity index (χ1n) is 8.44. The molecule has 144 valence electrons. The molecule has 1 saturated heterocycles. The van der Waals surface area contributed by atoms with Gasteiger partial charge in [0, 0.05) is 17.6 Å². The quantitative estimate of drug-likeness (QED) is 0.659. The number of benzene rings is 2. The van der Waals surface area contributed by atoms with Crippen LogP contribution in [-0.2, 0) is 16.0 Å². The number of thioether (sulfide) groups is 1. The number of hydrogen-bond donors (Lipinski definition) is 1. The molecule has 2 aromatic carbocycles. The minimum Gasteiger partial charge on any atom is -0.354 e. The van der Waals surface area contributed by atoms with Crippen LogP contribution in [0.2, 0.25) is 0 Å². The lowest BCUT2D eigenvalue weighted by atomic mass is 10.1. The monoisotopic (exact) mass is 462 g/mol. The lowest BCUT2D eigenvalue weighted by Gasteiger charge is -2.13. The highest BCUT2D eigenvalue weighted by Gasteiger charge is 2.34. The van der Waals surface area contributed by atoms with Gasteiger partial charge in [-0.15, -0.1) is 0 Å². The average Bonchev–Trinajstić information content (AvgIpc) is 2.93. The number of nitrogens with zero attached hydrogens (tertiary/aromatic N) is 1. The van der Waals surface area contributed by atoms with E-state index in [0.29, 0.717) is 5.56 Å². The molecule has 0 bridgehead atoms. The molecule has 8 heteroatoms. The molecule has 1 N–H and O–H groups in total. The number of carbonyl (C=O) groups is 3. The molecule has 0 spiro atoms. The van der Waals surface area contributed by atoms with Crippen LogP contribution >= 0.6 is 27.7 Å². The topological polar surface area (TPSA) is 66.5 Å². The molecular formula is C20H16BrFN2O3S. The van der Waals surface area contributed by atoms with Crippen LogP contribution in [0.15, 0.2) is 57.9 Å². The molecule has 0 radical (unpaired) electrons. The van der Waals surface area contributed by atoms with Crippen molar-refractivity contribution in [3.63, 3.8) is 0 Å². The van der Waals surface area contributed by atoms with Gasteiger partial charge in [-0.3, -0.25) is 19.3 Å². The molecule has 1 fully saturated rings. The molecular weight excluding hydrogens is 447 g/mol. The molecule has 0 unspecified atom stereocenters. The second-order valence-corrected chi connectivity index (χ2v) is 7.95. The van der Waals surface area contributed by atoms with Crippen molar-refractivity contribution in [3.8, 4) is 0 Å². The Labute approximate surface area is 174 Å². The second-order valence-electron chi connectivity index (χ2n) is 6.04. The third kappa shape index (κ3) is 5.30. The molecule has 28 heavy (non-hydrogen) atoms. The minimum atomic E-state index is -0.415. The normalized spacial score (nSPS) is 15.4. The van der Waals surface area contributed by atoms with Crippen LogP contribution in [0.5, 0.6) is 0 Å². The number of carbonyl (C=O) groups excluding carboxylic acids is 3. The summed E-state index contributed by atoms with van der Waals surface area (Å²) < 4.78 is 13.9. The number of nitrogens with one attached hydrogen (secondary N) is 1. The molecule has 0 aliphatic carbocycles. The van der Waals surface area contributed by atoms with Gasteiger partial charge in [0.2, 0.25) is 5.91 Å². The van der Waals surface area contributed by atoms with E-state index in [1.54, 1.807) is 6.08 Å². The Morgan fingerprint density at radius 1 is 1.11 bits per heavy atom. The smallest absolute Gasteiger partial charge is 0.293 e. The zero-order valence-electron chi connectivity index (χ0n) is 14.7. The third-order valence-electron chi connectivity index (χ3n) is 3.98. The van der Waals surface area contributed by atoms with E-state index in [2.05, 4.69) is 21.2 Å². The van der Waals surface area contributed by atoms with Crippen LogP contribution in [0.25, 0.3) is 6.08 Å². The number of amides is 3. The van der Waals surface area contributed by atoms with Crippen molar-refractivity contribution in [1.29, 1.82) is 0 Å². The summed E-state index contributed by atoms with van der Waals surface area (Å²) in [6.45, 7) is 0.273. The molecule has 1 aliphatic heterocycles.